The summed E-state index contributed by atoms with van der Waals surface area (Å²) in [6.07, 6.45) is 4.75. The van der Waals surface area contributed by atoms with Crippen LogP contribution in [-0.2, 0) is 9.47 Å². The van der Waals surface area contributed by atoms with E-state index < -0.39 is 11.7 Å². The van der Waals surface area contributed by atoms with Gasteiger partial charge in [-0.05, 0) is 58.8 Å². The molecule has 136 valence electrons. The van der Waals surface area contributed by atoms with E-state index in [2.05, 4.69) is 19.2 Å². The van der Waals surface area contributed by atoms with Gasteiger partial charge in [0.05, 0.1) is 12.7 Å². The summed E-state index contributed by atoms with van der Waals surface area (Å²) in [6, 6.07) is 0. The number of nitrogens with one attached hydrogen (secondary N) is 1. The summed E-state index contributed by atoms with van der Waals surface area (Å²) in [5, 5.41) is 12.9. The van der Waals surface area contributed by atoms with E-state index in [1.165, 1.54) is 0 Å². The van der Waals surface area contributed by atoms with Gasteiger partial charge in [-0.25, -0.2) is 4.79 Å². The Morgan fingerprint density at radius 1 is 1.39 bits per heavy atom. The molecule has 0 spiro atoms. The van der Waals surface area contributed by atoms with Crippen LogP contribution in [0.15, 0.2) is 0 Å². The second kappa shape index (κ2) is 8.88. The number of hydrogen-bond acceptors (Lipinski definition) is 4. The highest BCUT2D eigenvalue weighted by molar-refractivity contribution is 5.67. The maximum Gasteiger partial charge on any atom is 0.407 e. The van der Waals surface area contributed by atoms with Crippen molar-refractivity contribution in [2.24, 2.45) is 11.3 Å². The van der Waals surface area contributed by atoms with Crippen LogP contribution in [0, 0.1) is 11.3 Å². The van der Waals surface area contributed by atoms with Crippen molar-refractivity contribution < 1.29 is 19.4 Å². The Bertz CT molecular complexity index is 359. The summed E-state index contributed by atoms with van der Waals surface area (Å²) in [6.45, 7) is 11.2. The molecule has 1 amide bonds. The van der Waals surface area contributed by atoms with Crippen LogP contribution in [0.2, 0.25) is 0 Å². The number of aliphatic hydroxyl groups is 1. The van der Waals surface area contributed by atoms with Crippen molar-refractivity contribution in [3.8, 4) is 0 Å². The Morgan fingerprint density at radius 2 is 2.09 bits per heavy atom. The summed E-state index contributed by atoms with van der Waals surface area (Å²) in [5.74, 6) is 0.451. The molecule has 0 aromatic rings. The molecule has 5 heteroatoms. The minimum Gasteiger partial charge on any atom is -0.444 e. The highest BCUT2D eigenvalue weighted by Gasteiger charge is 2.33. The summed E-state index contributed by atoms with van der Waals surface area (Å²) < 4.78 is 11.0. The predicted octanol–water partition coefficient (Wildman–Crippen LogP) is 3.50. The van der Waals surface area contributed by atoms with Gasteiger partial charge >= 0.3 is 6.09 Å². The van der Waals surface area contributed by atoms with E-state index in [4.69, 9.17) is 9.47 Å². The van der Waals surface area contributed by atoms with Crippen LogP contribution in [0.5, 0.6) is 0 Å². The highest BCUT2D eigenvalue weighted by Crippen LogP contribution is 2.33. The summed E-state index contributed by atoms with van der Waals surface area (Å²) in [5.41, 5.74) is -0.821. The van der Waals surface area contributed by atoms with Crippen molar-refractivity contribution in [3.63, 3.8) is 0 Å². The maximum atomic E-state index is 11.9. The normalized spacial score (nSPS) is 21.3. The summed E-state index contributed by atoms with van der Waals surface area (Å²) in [4.78, 5) is 11.9. The van der Waals surface area contributed by atoms with Crippen LogP contribution in [0.4, 0.5) is 4.79 Å². The molecule has 23 heavy (non-hydrogen) atoms. The van der Waals surface area contributed by atoms with Gasteiger partial charge in [-0.1, -0.05) is 13.8 Å². The Balaban J connectivity index is 2.60. The topological polar surface area (TPSA) is 67.8 Å². The van der Waals surface area contributed by atoms with Crippen molar-refractivity contribution >= 4 is 6.09 Å². The van der Waals surface area contributed by atoms with E-state index in [0.717, 1.165) is 38.7 Å². The Kier molecular flexibility index (Phi) is 7.81. The molecule has 1 heterocycles. The van der Waals surface area contributed by atoms with Gasteiger partial charge in [-0.2, -0.15) is 0 Å². The predicted molar refractivity (Wildman–Crippen MR) is 91.4 cm³/mol. The molecular weight excluding hydrogens is 294 g/mol. The van der Waals surface area contributed by atoms with Crippen molar-refractivity contribution in [2.75, 3.05) is 19.8 Å². The molecule has 1 fully saturated rings. The number of ether oxygens (including phenoxy) is 2. The number of hydrogen-bond donors (Lipinski definition) is 2. The molecule has 1 rings (SSSR count). The number of aliphatic hydroxyl groups excluding tert-OH is 1. The first-order chi connectivity index (χ1) is 10.7. The summed E-state index contributed by atoms with van der Waals surface area (Å²) in [7, 11) is 0. The Labute approximate surface area is 141 Å². The first-order valence-electron chi connectivity index (χ1n) is 8.85. The van der Waals surface area contributed by atoms with Crippen LogP contribution >= 0.6 is 0 Å². The van der Waals surface area contributed by atoms with Gasteiger partial charge in [-0.15, -0.1) is 0 Å². The highest BCUT2D eigenvalue weighted by atomic mass is 16.6. The van der Waals surface area contributed by atoms with Crippen molar-refractivity contribution in [1.82, 2.24) is 5.32 Å². The van der Waals surface area contributed by atoms with Crippen LogP contribution in [0.1, 0.15) is 66.7 Å². The second-order valence-electron chi connectivity index (χ2n) is 8.29. The fraction of sp³-hybridized carbons (Fsp3) is 0.944. The van der Waals surface area contributed by atoms with Crippen LogP contribution in [0.3, 0.4) is 0 Å². The van der Waals surface area contributed by atoms with Crippen molar-refractivity contribution in [3.05, 3.63) is 0 Å². The third-order valence-corrected chi connectivity index (χ3v) is 4.20. The zero-order chi connectivity index (χ0) is 17.5. The summed E-state index contributed by atoms with van der Waals surface area (Å²) >= 11 is 0. The number of carbonyl (C=O) groups excluding carboxylic acids is 1. The van der Waals surface area contributed by atoms with Gasteiger partial charge in [0.1, 0.15) is 5.60 Å². The molecule has 0 aliphatic carbocycles. The third-order valence-electron chi connectivity index (χ3n) is 4.20. The van der Waals surface area contributed by atoms with E-state index in [1.54, 1.807) is 0 Å². The van der Waals surface area contributed by atoms with Gasteiger partial charge in [0.2, 0.25) is 0 Å². The average Bonchev–Trinajstić information content (AvgIpc) is 2.93. The van der Waals surface area contributed by atoms with Crippen LogP contribution in [0.25, 0.3) is 0 Å². The van der Waals surface area contributed by atoms with Gasteiger partial charge in [0, 0.05) is 18.6 Å². The van der Waals surface area contributed by atoms with Gasteiger partial charge in [0.25, 0.3) is 0 Å². The van der Waals surface area contributed by atoms with Gasteiger partial charge < -0.3 is 19.9 Å². The molecule has 2 atom stereocenters. The SMILES string of the molecule is CC(C)CC(CO)(CCC1CCCO1)CNC(=O)OC(C)(C)C. The van der Waals surface area contributed by atoms with E-state index in [-0.39, 0.29) is 12.0 Å². The molecule has 0 saturated carbocycles. The quantitative estimate of drug-likeness (QED) is 0.715. The van der Waals surface area contributed by atoms with E-state index in [1.807, 2.05) is 20.8 Å². The minimum atomic E-state index is -0.512. The Morgan fingerprint density at radius 3 is 2.57 bits per heavy atom. The molecule has 2 N–H and O–H groups in total. The molecule has 2 unspecified atom stereocenters. The number of alkyl carbamates (subject to hydrolysis) is 1. The average molecular weight is 329 g/mol. The lowest BCUT2D eigenvalue weighted by Gasteiger charge is -2.35. The number of rotatable bonds is 8. The molecule has 1 aliphatic rings. The van der Waals surface area contributed by atoms with Gasteiger partial charge in [0.15, 0.2) is 0 Å². The number of carbonyl (C=O) groups is 1. The van der Waals surface area contributed by atoms with Crippen LogP contribution in [-0.4, -0.2) is 42.7 Å². The minimum absolute atomic E-state index is 0.0632. The fourth-order valence-corrected chi connectivity index (χ4v) is 3.24. The zero-order valence-electron chi connectivity index (χ0n) is 15.5. The monoisotopic (exact) mass is 329 g/mol. The first kappa shape index (κ1) is 20.2. The largest absolute Gasteiger partial charge is 0.444 e. The van der Waals surface area contributed by atoms with E-state index in [9.17, 15) is 9.90 Å². The standard InChI is InChI=1S/C18H35NO4/c1-14(2)11-18(13-20,9-8-15-7-6-10-22-15)12-19-16(21)23-17(3,4)5/h14-15,20H,6-13H2,1-5H3,(H,19,21). The molecule has 1 aliphatic heterocycles. The molecule has 0 aromatic carbocycles. The smallest absolute Gasteiger partial charge is 0.407 e. The molecule has 5 nitrogen and oxygen atoms in total. The lowest BCUT2D eigenvalue weighted by Crippen LogP contribution is -2.43. The molecule has 0 aromatic heterocycles. The third kappa shape index (κ3) is 8.02. The van der Waals surface area contributed by atoms with Gasteiger partial charge in [-0.3, -0.25) is 0 Å². The van der Waals surface area contributed by atoms with Crippen LogP contribution < -0.4 is 5.32 Å². The molecule has 0 radical (unpaired) electrons. The second-order valence-corrected chi connectivity index (χ2v) is 8.29. The fourth-order valence-electron chi connectivity index (χ4n) is 3.24. The number of amides is 1. The van der Waals surface area contributed by atoms with Crippen molar-refractivity contribution in [2.45, 2.75) is 78.4 Å². The van der Waals surface area contributed by atoms with E-state index in [0.29, 0.717) is 18.6 Å². The lowest BCUT2D eigenvalue weighted by molar-refractivity contribution is 0.0354. The maximum absolute atomic E-state index is 11.9. The molecule has 0 bridgehead atoms. The molecule has 1 saturated heterocycles. The lowest BCUT2D eigenvalue weighted by atomic mass is 9.76. The zero-order valence-corrected chi connectivity index (χ0v) is 15.5. The van der Waals surface area contributed by atoms with E-state index >= 15 is 0 Å². The molecular formula is C18H35NO4. The first-order valence-corrected chi connectivity index (χ1v) is 8.85. The Hall–Kier alpha value is -0.810. The van der Waals surface area contributed by atoms with Crippen molar-refractivity contribution in [1.29, 1.82) is 0 Å².